The Morgan fingerprint density at radius 1 is 0.833 bits per heavy atom. The van der Waals surface area contributed by atoms with Gasteiger partial charge in [-0.3, -0.25) is 9.59 Å². The van der Waals surface area contributed by atoms with Crippen LogP contribution in [0.1, 0.15) is 43.7 Å². The maximum atomic E-state index is 12.2. The number of nitrogens with zero attached hydrogens (tertiary/aromatic N) is 2. The van der Waals surface area contributed by atoms with Gasteiger partial charge >= 0.3 is 0 Å². The summed E-state index contributed by atoms with van der Waals surface area (Å²) in [6, 6.07) is 11.9. The van der Waals surface area contributed by atoms with Gasteiger partial charge in [0.05, 0.1) is 18.6 Å². The Bertz CT molecular complexity index is 1170. The molecule has 4 rings (SSSR count). The molecule has 0 saturated heterocycles. The molecule has 0 spiro atoms. The third-order valence-corrected chi connectivity index (χ3v) is 7.82. The van der Waals surface area contributed by atoms with E-state index < -0.39 is 47.5 Å². The molecule has 0 aromatic heterocycles. The Morgan fingerprint density at radius 2 is 1.25 bits per heavy atom. The number of carbonyl (C=O) groups is 2. The molecule has 2 saturated carbocycles. The fourth-order valence-corrected chi connectivity index (χ4v) is 5.98. The van der Waals surface area contributed by atoms with Crippen LogP contribution in [0.3, 0.4) is 0 Å². The van der Waals surface area contributed by atoms with E-state index in [1.54, 1.807) is 28.2 Å². The first-order valence-corrected chi connectivity index (χ1v) is 11.6. The Hall–Kier alpha value is -2.86. The van der Waals surface area contributed by atoms with Crippen molar-refractivity contribution < 1.29 is 40.2 Å². The van der Waals surface area contributed by atoms with Crippen LogP contribution in [0.15, 0.2) is 48.5 Å². The van der Waals surface area contributed by atoms with Crippen molar-refractivity contribution in [1.82, 2.24) is 9.80 Å². The van der Waals surface area contributed by atoms with Gasteiger partial charge in [-0.2, -0.15) is 0 Å². The molecular formula is C26H32N2O8. The van der Waals surface area contributed by atoms with Crippen LogP contribution in [-0.4, -0.2) is 116 Å². The lowest BCUT2D eigenvalue weighted by molar-refractivity contribution is -0.459. The van der Waals surface area contributed by atoms with Crippen LogP contribution in [0.5, 0.6) is 0 Å². The van der Waals surface area contributed by atoms with E-state index in [4.69, 9.17) is 0 Å². The quantitative estimate of drug-likeness (QED) is 0.291. The van der Waals surface area contributed by atoms with Crippen LogP contribution in [0.4, 0.5) is 0 Å². The molecule has 0 radical (unpaired) electrons. The number of carbonyl (C=O) groups excluding carboxylic acids is 2. The number of benzene rings is 2. The molecule has 6 N–H and O–H groups in total. The third kappa shape index (κ3) is 3.13. The molecule has 10 heteroatoms. The van der Waals surface area contributed by atoms with Crippen LogP contribution >= 0.6 is 0 Å². The van der Waals surface area contributed by atoms with E-state index >= 15 is 0 Å². The fourth-order valence-electron chi connectivity index (χ4n) is 5.98. The summed E-state index contributed by atoms with van der Waals surface area (Å²) < 4.78 is 0. The van der Waals surface area contributed by atoms with Crippen LogP contribution in [0, 0.1) is 0 Å². The van der Waals surface area contributed by atoms with E-state index in [0.29, 0.717) is 16.7 Å². The number of fused-ring (bicyclic) bond motifs is 1. The zero-order valence-electron chi connectivity index (χ0n) is 20.5. The monoisotopic (exact) mass is 500 g/mol. The maximum absolute atomic E-state index is 12.2. The number of aliphatic hydroxyl groups excluding tert-OH is 3. The average Bonchev–Trinajstić information content (AvgIpc) is 2.87. The van der Waals surface area contributed by atoms with E-state index in [0.717, 1.165) is 0 Å². The minimum atomic E-state index is -2.44. The first-order chi connectivity index (χ1) is 16.8. The normalized spacial score (nSPS) is 33.6. The van der Waals surface area contributed by atoms with E-state index in [9.17, 15) is 40.2 Å². The highest BCUT2D eigenvalue weighted by Gasteiger charge is 2.93. The highest BCUT2D eigenvalue weighted by Crippen LogP contribution is 2.75. The van der Waals surface area contributed by atoms with Gasteiger partial charge in [0.2, 0.25) is 0 Å². The molecule has 194 valence electrons. The summed E-state index contributed by atoms with van der Waals surface area (Å²) in [5, 5.41) is 66.3. The number of hydrogen-bond acceptors (Lipinski definition) is 8. The molecule has 36 heavy (non-hydrogen) atoms. The molecular weight excluding hydrogens is 468 g/mol. The van der Waals surface area contributed by atoms with Crippen molar-refractivity contribution in [2.75, 3.05) is 34.8 Å². The van der Waals surface area contributed by atoms with E-state index in [-0.39, 0.29) is 17.4 Å². The molecule has 2 aliphatic carbocycles. The summed E-state index contributed by atoms with van der Waals surface area (Å²) >= 11 is 0. The minimum Gasteiger partial charge on any atom is -0.394 e. The summed E-state index contributed by atoms with van der Waals surface area (Å²) in [6.07, 6.45) is -3.40. The average molecular weight is 501 g/mol. The second kappa shape index (κ2) is 8.62. The fraction of sp³-hybridized carbons (Fsp3) is 0.462. The lowest BCUT2D eigenvalue weighted by Crippen LogP contribution is -2.99. The van der Waals surface area contributed by atoms with Crippen molar-refractivity contribution in [3.05, 3.63) is 70.8 Å². The summed E-state index contributed by atoms with van der Waals surface area (Å²) in [5.74, 6) is -3.11. The molecule has 0 heterocycles. The van der Waals surface area contributed by atoms with Crippen LogP contribution < -0.4 is 0 Å². The first kappa shape index (κ1) is 26.2. The van der Waals surface area contributed by atoms with Gasteiger partial charge in [-0.1, -0.05) is 24.3 Å². The van der Waals surface area contributed by atoms with Crippen LogP contribution in [0.25, 0.3) is 0 Å². The van der Waals surface area contributed by atoms with Crippen molar-refractivity contribution in [3.8, 4) is 0 Å². The van der Waals surface area contributed by atoms with Crippen molar-refractivity contribution >= 4 is 11.8 Å². The summed E-state index contributed by atoms with van der Waals surface area (Å²) in [5.41, 5.74) is -5.81. The molecule has 0 aliphatic heterocycles. The zero-order valence-corrected chi connectivity index (χ0v) is 20.5. The summed E-state index contributed by atoms with van der Waals surface area (Å²) in [6.45, 7) is -0.915. The first-order valence-electron chi connectivity index (χ1n) is 11.6. The molecule has 3 unspecified atom stereocenters. The Labute approximate surface area is 208 Å². The van der Waals surface area contributed by atoms with E-state index in [1.165, 1.54) is 58.3 Å². The highest BCUT2D eigenvalue weighted by atomic mass is 16.5. The van der Waals surface area contributed by atoms with Gasteiger partial charge in [0.1, 0.15) is 22.9 Å². The molecule has 2 fully saturated rings. The number of amides is 2. The number of aliphatic hydroxyl groups is 6. The second-order valence-corrected chi connectivity index (χ2v) is 10.1. The zero-order chi connectivity index (χ0) is 26.8. The Morgan fingerprint density at radius 3 is 1.64 bits per heavy atom. The minimum absolute atomic E-state index is 0.252. The second-order valence-electron chi connectivity index (χ2n) is 10.1. The van der Waals surface area contributed by atoms with Gasteiger partial charge in [-0.05, 0) is 35.4 Å². The standard InChI is InChI=1S/C26H32N2O8/c1-27(2)22(32)16-9-5-14(6-10-16)19-21(31)25(35)20(24(34,18(30)13-29)26(19,25)36)15-7-11-17(12-8-15)23(33)28(3)4/h5-12,18-21,29-31,34-36H,13H2,1-4H3/t18-,19?,20?,21?,24+,25+,26+/m1/s1. The molecule has 2 aliphatic rings. The largest absolute Gasteiger partial charge is 0.394 e. The van der Waals surface area contributed by atoms with Gasteiger partial charge in [-0.15, -0.1) is 0 Å². The van der Waals surface area contributed by atoms with Crippen molar-refractivity contribution in [1.29, 1.82) is 0 Å². The molecule has 10 nitrogen and oxygen atoms in total. The predicted octanol–water partition coefficient (Wildman–Crippen LogP) is -1.11. The predicted molar refractivity (Wildman–Crippen MR) is 128 cm³/mol. The highest BCUT2D eigenvalue weighted by molar-refractivity contribution is 5.94. The molecule has 0 bridgehead atoms. The Balaban J connectivity index is 1.74. The third-order valence-electron chi connectivity index (χ3n) is 7.82. The van der Waals surface area contributed by atoms with Crippen molar-refractivity contribution in [3.63, 3.8) is 0 Å². The van der Waals surface area contributed by atoms with Crippen LogP contribution in [-0.2, 0) is 0 Å². The van der Waals surface area contributed by atoms with Gasteiger partial charge in [0.15, 0.2) is 0 Å². The molecule has 2 aromatic rings. The number of hydrogen-bond donors (Lipinski definition) is 6. The lowest BCUT2D eigenvalue weighted by atomic mass is 9.30. The van der Waals surface area contributed by atoms with Crippen LogP contribution in [0.2, 0.25) is 0 Å². The summed E-state index contributed by atoms with van der Waals surface area (Å²) in [4.78, 5) is 27.2. The van der Waals surface area contributed by atoms with E-state index in [1.807, 2.05) is 0 Å². The van der Waals surface area contributed by atoms with Gasteiger partial charge < -0.3 is 40.4 Å². The lowest BCUT2D eigenvalue weighted by Gasteiger charge is -2.80. The molecule has 7 atom stereocenters. The topological polar surface area (TPSA) is 162 Å². The van der Waals surface area contributed by atoms with Gasteiger partial charge in [0.25, 0.3) is 11.8 Å². The SMILES string of the molecule is CN(C)C(=O)c1ccc(C2C(O)[C@@]3(O)C(c4ccc(C(=O)N(C)C)cc4)[C@@](O)([C@H](O)CO)[C@@]23O)cc1. The maximum Gasteiger partial charge on any atom is 0.253 e. The van der Waals surface area contributed by atoms with Crippen molar-refractivity contribution in [2.45, 2.75) is 40.8 Å². The number of rotatable bonds is 6. The van der Waals surface area contributed by atoms with Gasteiger partial charge in [-0.25, -0.2) is 0 Å². The molecule has 2 amide bonds. The summed E-state index contributed by atoms with van der Waals surface area (Å²) in [7, 11) is 6.38. The molecule has 2 aromatic carbocycles. The smallest absolute Gasteiger partial charge is 0.253 e. The van der Waals surface area contributed by atoms with Crippen molar-refractivity contribution in [2.24, 2.45) is 0 Å². The van der Waals surface area contributed by atoms with Gasteiger partial charge in [0, 0.05) is 45.2 Å². The van der Waals surface area contributed by atoms with E-state index in [2.05, 4.69) is 0 Å². The Kier molecular flexibility index (Phi) is 6.27.